The lowest BCUT2D eigenvalue weighted by atomic mass is 9.78. The van der Waals surface area contributed by atoms with E-state index < -0.39 is 10.0 Å². The number of imidazole rings is 1. The number of likely N-dealkylation sites (tertiary alicyclic amines) is 1. The first-order valence-electron chi connectivity index (χ1n) is 10.2. The van der Waals surface area contributed by atoms with E-state index >= 15 is 0 Å². The third-order valence-electron chi connectivity index (χ3n) is 6.47. The van der Waals surface area contributed by atoms with E-state index in [9.17, 15) is 13.2 Å². The fourth-order valence-electron chi connectivity index (χ4n) is 4.67. The molecule has 0 atom stereocenters. The van der Waals surface area contributed by atoms with Crippen LogP contribution in [0.3, 0.4) is 0 Å². The van der Waals surface area contributed by atoms with Gasteiger partial charge >= 0.3 is 0 Å². The second-order valence-corrected chi connectivity index (χ2v) is 12.1. The van der Waals surface area contributed by atoms with E-state index in [1.54, 1.807) is 28.2 Å². The molecular formula is C20H22ClN5O3S3. The summed E-state index contributed by atoms with van der Waals surface area (Å²) in [6.45, 7) is 2.10. The van der Waals surface area contributed by atoms with Gasteiger partial charge in [-0.15, -0.1) is 23.1 Å². The Labute approximate surface area is 199 Å². The number of pyridine rings is 1. The van der Waals surface area contributed by atoms with Crippen molar-refractivity contribution in [1.82, 2.24) is 23.6 Å². The normalized spacial score (nSPS) is 19.2. The van der Waals surface area contributed by atoms with Crippen molar-refractivity contribution in [3.63, 3.8) is 0 Å². The number of thioether (sulfide) groups is 1. The van der Waals surface area contributed by atoms with Gasteiger partial charge in [0.2, 0.25) is 0 Å². The van der Waals surface area contributed by atoms with Crippen LogP contribution in [0.15, 0.2) is 40.0 Å². The average molecular weight is 512 g/mol. The molecule has 0 aliphatic carbocycles. The van der Waals surface area contributed by atoms with Crippen LogP contribution in [0.4, 0.5) is 0 Å². The van der Waals surface area contributed by atoms with Crippen molar-refractivity contribution in [2.45, 2.75) is 29.3 Å². The van der Waals surface area contributed by atoms with Crippen molar-refractivity contribution >= 4 is 55.6 Å². The van der Waals surface area contributed by atoms with Crippen LogP contribution in [0.5, 0.6) is 0 Å². The molecule has 0 radical (unpaired) electrons. The molecule has 5 rings (SSSR count). The lowest BCUT2D eigenvalue weighted by Crippen LogP contribution is -2.44. The zero-order valence-corrected chi connectivity index (χ0v) is 20.6. The molecule has 3 aromatic heterocycles. The van der Waals surface area contributed by atoms with E-state index in [4.69, 9.17) is 11.6 Å². The number of rotatable bonds is 4. The number of hydrogen-bond acceptors (Lipinski definition) is 7. The maximum absolute atomic E-state index is 13.4. The van der Waals surface area contributed by atoms with Crippen molar-refractivity contribution in [1.29, 1.82) is 0 Å². The predicted octanol–water partition coefficient (Wildman–Crippen LogP) is 3.48. The Kier molecular flexibility index (Phi) is 5.73. The van der Waals surface area contributed by atoms with E-state index in [1.807, 2.05) is 17.2 Å². The molecule has 12 heteroatoms. The molecule has 0 aromatic carbocycles. The Hall–Kier alpha value is -1.66. The molecule has 8 nitrogen and oxygen atoms in total. The Balaban J connectivity index is 1.30. The number of fused-ring (bicyclic) bond motifs is 1. The third-order valence-corrected chi connectivity index (χ3v) is 10.2. The molecule has 170 valence electrons. The summed E-state index contributed by atoms with van der Waals surface area (Å²) in [6.07, 6.45) is 7.61. The monoisotopic (exact) mass is 511 g/mol. The summed E-state index contributed by atoms with van der Waals surface area (Å²) in [5.74, 6) is -0.00864. The Morgan fingerprint density at radius 2 is 2.00 bits per heavy atom. The van der Waals surface area contributed by atoms with Gasteiger partial charge in [0, 0.05) is 44.0 Å². The van der Waals surface area contributed by atoms with Crippen LogP contribution in [-0.4, -0.2) is 70.3 Å². The van der Waals surface area contributed by atoms with Crippen molar-refractivity contribution in [2.24, 2.45) is 5.41 Å². The molecule has 1 spiro atoms. The molecule has 2 aliphatic rings. The third kappa shape index (κ3) is 3.63. The van der Waals surface area contributed by atoms with E-state index in [2.05, 4.69) is 9.97 Å². The van der Waals surface area contributed by atoms with Crippen LogP contribution in [0.1, 0.15) is 29.6 Å². The molecule has 0 bridgehead atoms. The van der Waals surface area contributed by atoms with Gasteiger partial charge in [-0.1, -0.05) is 11.6 Å². The van der Waals surface area contributed by atoms with Gasteiger partial charge in [0.25, 0.3) is 15.9 Å². The van der Waals surface area contributed by atoms with Gasteiger partial charge in [0.05, 0.1) is 5.56 Å². The highest BCUT2D eigenvalue weighted by Crippen LogP contribution is 2.43. The zero-order chi connectivity index (χ0) is 22.5. The van der Waals surface area contributed by atoms with Crippen molar-refractivity contribution < 1.29 is 13.2 Å². The van der Waals surface area contributed by atoms with Crippen molar-refractivity contribution in [2.75, 3.05) is 32.4 Å². The topological polar surface area (TPSA) is 87.9 Å². The average Bonchev–Trinajstić information content (AvgIpc) is 3.49. The molecule has 0 N–H and O–H groups in total. The molecule has 3 aromatic rings. The summed E-state index contributed by atoms with van der Waals surface area (Å²) < 4.78 is 29.9. The van der Waals surface area contributed by atoms with Crippen molar-refractivity contribution in [3.05, 3.63) is 40.6 Å². The molecule has 5 heterocycles. The number of sulfonamides is 1. The first-order valence-corrected chi connectivity index (χ1v) is 14.2. The van der Waals surface area contributed by atoms with Crippen LogP contribution in [-0.2, 0) is 10.0 Å². The Bertz CT molecular complexity index is 1280. The largest absolute Gasteiger partial charge is 0.339 e. The summed E-state index contributed by atoms with van der Waals surface area (Å²) in [7, 11) is -3.76. The Morgan fingerprint density at radius 1 is 1.25 bits per heavy atom. The predicted molar refractivity (Wildman–Crippen MR) is 125 cm³/mol. The van der Waals surface area contributed by atoms with E-state index in [0.29, 0.717) is 36.7 Å². The molecule has 1 amide bonds. The van der Waals surface area contributed by atoms with E-state index in [-0.39, 0.29) is 21.5 Å². The van der Waals surface area contributed by atoms with Crippen molar-refractivity contribution in [3.8, 4) is 0 Å². The maximum atomic E-state index is 13.4. The SMILES string of the molecule is CSc1ncccc1C(=O)N1CCC2(CC1)CCN(S(=O)(=O)c1c(Cl)nc3sccn13)C2. The second-order valence-electron chi connectivity index (χ2n) is 8.20. The summed E-state index contributed by atoms with van der Waals surface area (Å²) >= 11 is 9.01. The lowest BCUT2D eigenvalue weighted by Gasteiger charge is -2.39. The van der Waals surface area contributed by atoms with E-state index in [0.717, 1.165) is 24.3 Å². The van der Waals surface area contributed by atoms with Crippen LogP contribution < -0.4 is 0 Å². The number of hydrogen-bond donors (Lipinski definition) is 0. The smallest absolute Gasteiger partial charge is 0.262 e. The van der Waals surface area contributed by atoms with Crippen LogP contribution in [0.2, 0.25) is 5.15 Å². The number of aromatic nitrogens is 3. The van der Waals surface area contributed by atoms with Gasteiger partial charge in [-0.2, -0.15) is 4.31 Å². The Morgan fingerprint density at radius 3 is 2.75 bits per heavy atom. The highest BCUT2D eigenvalue weighted by molar-refractivity contribution is 7.98. The number of amides is 1. The highest BCUT2D eigenvalue weighted by Gasteiger charge is 2.46. The number of thiazole rings is 1. The number of halogens is 1. The summed E-state index contributed by atoms with van der Waals surface area (Å²) in [5, 5.41) is 2.58. The zero-order valence-electron chi connectivity index (χ0n) is 17.4. The fraction of sp³-hybridized carbons (Fsp3) is 0.450. The van der Waals surface area contributed by atoms with Crippen LogP contribution in [0, 0.1) is 5.41 Å². The first kappa shape index (κ1) is 22.1. The molecule has 2 saturated heterocycles. The second kappa shape index (κ2) is 8.28. The van der Waals surface area contributed by atoms with Crippen LogP contribution in [0.25, 0.3) is 4.96 Å². The molecule has 0 saturated carbocycles. The summed E-state index contributed by atoms with van der Waals surface area (Å²) in [4.78, 5) is 23.9. The minimum absolute atomic E-state index is 0.00864. The number of nitrogens with zero attached hydrogens (tertiary/aromatic N) is 5. The number of carbonyl (C=O) groups excluding carboxylic acids is 1. The highest BCUT2D eigenvalue weighted by atomic mass is 35.5. The quantitative estimate of drug-likeness (QED) is 0.498. The standard InChI is InChI=1S/C20H22ClN5O3S3/c1-30-16-14(3-2-7-22-16)17(27)24-8-4-20(5-9-24)6-10-25(13-20)32(28,29)18-15(21)23-19-26(18)11-12-31-19/h2-3,7,11-12H,4-6,8-10,13H2,1H3. The molecule has 2 fully saturated rings. The molecule has 2 aliphatic heterocycles. The van der Waals surface area contributed by atoms with E-state index in [1.165, 1.54) is 27.4 Å². The number of carbonyl (C=O) groups is 1. The van der Waals surface area contributed by atoms with Gasteiger partial charge in [-0.05, 0) is 43.1 Å². The first-order chi connectivity index (χ1) is 15.3. The van der Waals surface area contributed by atoms with Crippen LogP contribution >= 0.6 is 34.7 Å². The molecule has 32 heavy (non-hydrogen) atoms. The molecule has 0 unspecified atom stereocenters. The molecular weight excluding hydrogens is 490 g/mol. The maximum Gasteiger partial charge on any atom is 0.262 e. The van der Waals surface area contributed by atoms with Gasteiger partial charge in [-0.3, -0.25) is 9.20 Å². The van der Waals surface area contributed by atoms with Gasteiger partial charge in [0.15, 0.2) is 15.1 Å². The summed E-state index contributed by atoms with van der Waals surface area (Å²) in [5.41, 5.74) is 0.508. The lowest BCUT2D eigenvalue weighted by molar-refractivity contribution is 0.0595. The number of piperidine rings is 1. The van der Waals surface area contributed by atoms with Gasteiger partial charge in [-0.25, -0.2) is 18.4 Å². The fourth-order valence-corrected chi connectivity index (χ4v) is 8.17. The minimum Gasteiger partial charge on any atom is -0.339 e. The van der Waals surface area contributed by atoms with Gasteiger partial charge in [0.1, 0.15) is 5.03 Å². The van der Waals surface area contributed by atoms with Gasteiger partial charge < -0.3 is 4.90 Å². The minimum atomic E-state index is -3.76. The summed E-state index contributed by atoms with van der Waals surface area (Å²) in [6, 6.07) is 3.60.